The molecule has 0 heterocycles. The predicted octanol–water partition coefficient (Wildman–Crippen LogP) is 2.54. The number of hydrogen-bond acceptors (Lipinski definition) is 1. The maximum atomic E-state index is 12.6. The Balaban J connectivity index is 2.82. The topological polar surface area (TPSA) is 26.0 Å². The van der Waals surface area contributed by atoms with Gasteiger partial charge in [0.15, 0.2) is 6.17 Å². The van der Waals surface area contributed by atoms with Crippen LogP contribution in [0.3, 0.4) is 0 Å². The molecule has 1 unspecified atom stereocenters. The quantitative estimate of drug-likeness (QED) is 0.687. The molecule has 2 N–H and O–H groups in total. The van der Waals surface area contributed by atoms with Crippen LogP contribution in [0, 0.1) is 0 Å². The molecule has 0 aliphatic carbocycles. The Bertz CT molecular complexity index is 245. The molecule has 1 atom stereocenters. The van der Waals surface area contributed by atoms with E-state index in [2.05, 4.69) is 0 Å². The van der Waals surface area contributed by atoms with Crippen molar-refractivity contribution in [1.29, 1.82) is 0 Å². The van der Waals surface area contributed by atoms with Crippen LogP contribution in [0.2, 0.25) is 0 Å². The van der Waals surface area contributed by atoms with E-state index in [0.29, 0.717) is 5.69 Å². The lowest BCUT2D eigenvalue weighted by Crippen LogP contribution is -2.02. The number of rotatable bonds is 2. The Morgan fingerprint density at radius 3 is 1.92 bits per heavy atom. The number of benzene rings is 1. The van der Waals surface area contributed by atoms with Crippen LogP contribution in [-0.2, 0) is 0 Å². The van der Waals surface area contributed by atoms with E-state index in [1.54, 1.807) is 0 Å². The zero-order valence-electron chi connectivity index (χ0n) is 6.18. The highest BCUT2D eigenvalue weighted by molar-refractivity contribution is 5.39. The summed E-state index contributed by atoms with van der Waals surface area (Å²) in [6.07, 6.45) is -5.20. The van der Waals surface area contributed by atoms with Gasteiger partial charge in [-0.05, 0) is 17.7 Å². The zero-order chi connectivity index (χ0) is 9.14. The van der Waals surface area contributed by atoms with Crippen molar-refractivity contribution in [2.24, 2.45) is 0 Å². The van der Waals surface area contributed by atoms with Gasteiger partial charge in [0.1, 0.15) is 0 Å². The summed E-state index contributed by atoms with van der Waals surface area (Å²) in [6, 6.07) is 5.30. The molecule has 4 heteroatoms. The van der Waals surface area contributed by atoms with E-state index in [9.17, 15) is 13.2 Å². The summed E-state index contributed by atoms with van der Waals surface area (Å²) >= 11 is 0. The molecule has 0 saturated carbocycles. The fraction of sp³-hybridized carbons (Fsp3) is 0.250. The van der Waals surface area contributed by atoms with E-state index < -0.39 is 12.6 Å². The maximum Gasteiger partial charge on any atom is 0.273 e. The first-order chi connectivity index (χ1) is 5.61. The third-order valence-electron chi connectivity index (χ3n) is 1.48. The van der Waals surface area contributed by atoms with Crippen molar-refractivity contribution in [2.75, 3.05) is 5.73 Å². The molecule has 0 amide bonds. The molecule has 12 heavy (non-hydrogen) atoms. The molecule has 0 aliphatic heterocycles. The average molecular weight is 175 g/mol. The number of anilines is 1. The van der Waals surface area contributed by atoms with E-state index in [0.717, 1.165) is 0 Å². The van der Waals surface area contributed by atoms with Crippen LogP contribution in [0.15, 0.2) is 24.3 Å². The van der Waals surface area contributed by atoms with Crippen molar-refractivity contribution < 1.29 is 13.2 Å². The molecule has 0 spiro atoms. The Kier molecular flexibility index (Phi) is 2.58. The van der Waals surface area contributed by atoms with E-state index >= 15 is 0 Å². The van der Waals surface area contributed by atoms with Gasteiger partial charge >= 0.3 is 0 Å². The maximum absolute atomic E-state index is 12.6. The second kappa shape index (κ2) is 3.47. The number of halogens is 3. The van der Waals surface area contributed by atoms with E-state index in [-0.39, 0.29) is 5.56 Å². The largest absolute Gasteiger partial charge is 0.399 e. The van der Waals surface area contributed by atoms with E-state index in [1.807, 2.05) is 0 Å². The summed E-state index contributed by atoms with van der Waals surface area (Å²) in [4.78, 5) is 0. The van der Waals surface area contributed by atoms with Crippen LogP contribution in [-0.4, -0.2) is 6.43 Å². The molecule has 1 aromatic carbocycles. The molecular weight excluding hydrogens is 167 g/mol. The van der Waals surface area contributed by atoms with Crippen LogP contribution < -0.4 is 5.73 Å². The predicted molar refractivity (Wildman–Crippen MR) is 40.7 cm³/mol. The van der Waals surface area contributed by atoms with E-state index in [4.69, 9.17) is 5.73 Å². The number of nitrogens with two attached hydrogens (primary N) is 1. The summed E-state index contributed by atoms with van der Waals surface area (Å²) in [7, 11) is 0. The molecule has 0 saturated heterocycles. The van der Waals surface area contributed by atoms with Crippen molar-refractivity contribution in [3.05, 3.63) is 29.8 Å². The fourth-order valence-electron chi connectivity index (χ4n) is 0.825. The van der Waals surface area contributed by atoms with Crippen molar-refractivity contribution in [2.45, 2.75) is 12.6 Å². The monoisotopic (exact) mass is 175 g/mol. The van der Waals surface area contributed by atoms with Gasteiger partial charge in [-0.25, -0.2) is 13.2 Å². The summed E-state index contributed by atoms with van der Waals surface area (Å²) in [5.74, 6) is 0. The standard InChI is InChI=1S/C8H8F3N/c9-7(8(10)11)5-1-3-6(12)4-2-5/h1-4,7-8H,12H2. The third-order valence-corrected chi connectivity index (χ3v) is 1.48. The zero-order valence-corrected chi connectivity index (χ0v) is 6.18. The van der Waals surface area contributed by atoms with Gasteiger partial charge in [0.05, 0.1) is 0 Å². The van der Waals surface area contributed by atoms with Crippen molar-refractivity contribution in [1.82, 2.24) is 0 Å². The number of hydrogen-bond donors (Lipinski definition) is 1. The molecule has 0 aromatic heterocycles. The number of nitrogen functional groups attached to an aromatic ring is 1. The third kappa shape index (κ3) is 1.90. The first-order valence-corrected chi connectivity index (χ1v) is 3.39. The molecule has 1 aromatic rings. The van der Waals surface area contributed by atoms with Crippen LogP contribution in [0.1, 0.15) is 11.7 Å². The van der Waals surface area contributed by atoms with Crippen LogP contribution >= 0.6 is 0 Å². The van der Waals surface area contributed by atoms with E-state index in [1.165, 1.54) is 24.3 Å². The van der Waals surface area contributed by atoms with Gasteiger partial charge in [0.25, 0.3) is 6.43 Å². The Hall–Kier alpha value is -1.19. The van der Waals surface area contributed by atoms with Crippen molar-refractivity contribution in [3.63, 3.8) is 0 Å². The van der Waals surface area contributed by atoms with Crippen molar-refractivity contribution in [3.8, 4) is 0 Å². The summed E-state index contributed by atoms with van der Waals surface area (Å²) in [6.45, 7) is 0. The van der Waals surface area contributed by atoms with Gasteiger partial charge < -0.3 is 5.73 Å². The highest BCUT2D eigenvalue weighted by Gasteiger charge is 2.20. The highest BCUT2D eigenvalue weighted by atomic mass is 19.3. The number of alkyl halides is 3. The van der Waals surface area contributed by atoms with Crippen LogP contribution in [0.5, 0.6) is 0 Å². The normalized spacial score (nSPS) is 13.3. The van der Waals surface area contributed by atoms with Gasteiger partial charge in [-0.3, -0.25) is 0 Å². The van der Waals surface area contributed by atoms with Gasteiger partial charge in [0.2, 0.25) is 0 Å². The minimum Gasteiger partial charge on any atom is -0.399 e. The fourth-order valence-corrected chi connectivity index (χ4v) is 0.825. The summed E-state index contributed by atoms with van der Waals surface area (Å²) in [5.41, 5.74) is 5.68. The second-order valence-electron chi connectivity index (χ2n) is 2.40. The average Bonchev–Trinajstić information content (AvgIpc) is 2.04. The Morgan fingerprint density at radius 2 is 1.50 bits per heavy atom. The first-order valence-electron chi connectivity index (χ1n) is 3.39. The molecule has 0 radical (unpaired) electrons. The van der Waals surface area contributed by atoms with Gasteiger partial charge in [-0.15, -0.1) is 0 Å². The second-order valence-corrected chi connectivity index (χ2v) is 2.40. The minimum absolute atomic E-state index is 0.0424. The summed E-state index contributed by atoms with van der Waals surface area (Å²) in [5, 5.41) is 0. The van der Waals surface area contributed by atoms with Crippen LogP contribution in [0.25, 0.3) is 0 Å². The smallest absolute Gasteiger partial charge is 0.273 e. The van der Waals surface area contributed by atoms with Gasteiger partial charge in [0, 0.05) is 5.69 Å². The first kappa shape index (κ1) is 8.90. The highest BCUT2D eigenvalue weighted by Crippen LogP contribution is 2.24. The molecule has 0 bridgehead atoms. The van der Waals surface area contributed by atoms with Gasteiger partial charge in [-0.1, -0.05) is 12.1 Å². The summed E-state index contributed by atoms with van der Waals surface area (Å²) < 4.78 is 36.2. The lowest BCUT2D eigenvalue weighted by molar-refractivity contribution is 0.0496. The van der Waals surface area contributed by atoms with Gasteiger partial charge in [-0.2, -0.15) is 0 Å². The van der Waals surface area contributed by atoms with Crippen molar-refractivity contribution >= 4 is 5.69 Å². The SMILES string of the molecule is Nc1ccc(C(F)C(F)F)cc1. The lowest BCUT2D eigenvalue weighted by atomic mass is 10.1. The molecule has 66 valence electrons. The van der Waals surface area contributed by atoms with Crippen LogP contribution in [0.4, 0.5) is 18.9 Å². The minimum atomic E-state index is -2.98. The lowest BCUT2D eigenvalue weighted by Gasteiger charge is -2.06. The molecule has 0 fully saturated rings. The molecular formula is C8H8F3N. The molecule has 0 aliphatic rings. The Morgan fingerprint density at radius 1 is 1.00 bits per heavy atom. The molecule has 1 rings (SSSR count). The molecule has 1 nitrogen and oxygen atoms in total. The Labute approximate surface area is 68.0 Å².